The monoisotopic (exact) mass is 410 g/mol. The van der Waals surface area contributed by atoms with Gasteiger partial charge in [0, 0.05) is 29.4 Å². The molecule has 0 spiro atoms. The highest BCUT2D eigenvalue weighted by atomic mass is 35.5. The summed E-state index contributed by atoms with van der Waals surface area (Å²) in [6, 6.07) is 18.8. The molecule has 1 aliphatic heterocycles. The van der Waals surface area contributed by atoms with Gasteiger partial charge in [0.2, 0.25) is 5.88 Å². The first-order chi connectivity index (χ1) is 13.9. The number of halogens is 1. The number of hydrogen-bond acceptors (Lipinski definition) is 4. The van der Waals surface area contributed by atoms with Gasteiger partial charge in [-0.25, -0.2) is 4.98 Å². The van der Waals surface area contributed by atoms with E-state index < -0.39 is 5.60 Å². The van der Waals surface area contributed by atoms with Crippen molar-refractivity contribution >= 4 is 28.4 Å². The molecule has 1 atom stereocenters. The molecule has 2 heterocycles. The van der Waals surface area contributed by atoms with Gasteiger partial charge < -0.3 is 14.4 Å². The summed E-state index contributed by atoms with van der Waals surface area (Å²) in [6.07, 6.45) is 0.677. The molecular weight excluding hydrogens is 388 g/mol. The van der Waals surface area contributed by atoms with Gasteiger partial charge in [0.25, 0.3) is 5.91 Å². The van der Waals surface area contributed by atoms with Gasteiger partial charge in [-0.15, -0.1) is 0 Å². The van der Waals surface area contributed by atoms with Crippen molar-refractivity contribution in [1.29, 1.82) is 0 Å². The molecule has 2 aromatic carbocycles. The lowest BCUT2D eigenvalue weighted by molar-refractivity contribution is -0.144. The minimum Gasteiger partial charge on any atom is -0.478 e. The topological polar surface area (TPSA) is 51.7 Å². The van der Waals surface area contributed by atoms with Crippen molar-refractivity contribution in [3.05, 3.63) is 65.7 Å². The van der Waals surface area contributed by atoms with Crippen LogP contribution in [0.2, 0.25) is 5.02 Å². The van der Waals surface area contributed by atoms with Gasteiger partial charge in [-0.2, -0.15) is 0 Å². The second kappa shape index (κ2) is 7.91. The van der Waals surface area contributed by atoms with E-state index in [4.69, 9.17) is 21.1 Å². The van der Waals surface area contributed by atoms with Crippen LogP contribution in [0.4, 0.5) is 0 Å². The van der Waals surface area contributed by atoms with E-state index in [-0.39, 0.29) is 12.0 Å². The van der Waals surface area contributed by atoms with Gasteiger partial charge in [0.05, 0.1) is 12.1 Å². The fourth-order valence-electron chi connectivity index (χ4n) is 3.51. The van der Waals surface area contributed by atoms with E-state index in [1.807, 2.05) is 36.4 Å². The molecule has 3 aromatic rings. The number of amides is 1. The predicted molar refractivity (Wildman–Crippen MR) is 114 cm³/mol. The van der Waals surface area contributed by atoms with E-state index in [9.17, 15) is 4.79 Å². The highest BCUT2D eigenvalue weighted by Gasteiger charge is 2.38. The van der Waals surface area contributed by atoms with Crippen LogP contribution in [0.5, 0.6) is 11.6 Å². The maximum absolute atomic E-state index is 13.0. The number of aromatic nitrogens is 1. The van der Waals surface area contributed by atoms with Crippen molar-refractivity contribution in [1.82, 2.24) is 9.88 Å². The number of carbonyl (C=O) groups excluding carboxylic acids is 1. The third kappa shape index (κ3) is 4.46. The molecule has 1 fully saturated rings. The Kier molecular flexibility index (Phi) is 5.33. The first-order valence-electron chi connectivity index (χ1n) is 9.67. The van der Waals surface area contributed by atoms with Crippen LogP contribution in [0.15, 0.2) is 60.7 Å². The number of fused-ring (bicyclic) bond motifs is 1. The van der Waals surface area contributed by atoms with Crippen LogP contribution < -0.4 is 9.47 Å². The Morgan fingerprint density at radius 1 is 1.10 bits per heavy atom. The molecular formula is C23H23ClN2O3. The molecule has 1 unspecified atom stereocenters. The average Bonchev–Trinajstić information content (AvgIpc) is 3.17. The van der Waals surface area contributed by atoms with E-state index in [0.29, 0.717) is 29.7 Å². The summed E-state index contributed by atoms with van der Waals surface area (Å²) in [6.45, 7) is 4.71. The fourth-order valence-corrected chi connectivity index (χ4v) is 3.64. The maximum Gasteiger partial charge on any atom is 0.266 e. The first-order valence-corrected chi connectivity index (χ1v) is 10.0. The first kappa shape index (κ1) is 19.5. The molecule has 1 aromatic heterocycles. The molecule has 1 saturated heterocycles. The summed E-state index contributed by atoms with van der Waals surface area (Å²) in [7, 11) is 0. The van der Waals surface area contributed by atoms with Gasteiger partial charge in [-0.1, -0.05) is 29.8 Å². The molecule has 0 bridgehead atoms. The van der Waals surface area contributed by atoms with Crippen molar-refractivity contribution in [3.8, 4) is 11.6 Å². The number of pyridine rings is 1. The molecule has 0 radical (unpaired) electrons. The smallest absolute Gasteiger partial charge is 0.266 e. The number of nitrogens with zero attached hydrogens (tertiary/aromatic N) is 2. The fraction of sp³-hybridized carbons (Fsp3) is 0.304. The number of hydrogen-bond donors (Lipinski definition) is 0. The molecule has 0 saturated carbocycles. The molecule has 6 heteroatoms. The Hall–Kier alpha value is -2.79. The molecule has 5 nitrogen and oxygen atoms in total. The molecule has 29 heavy (non-hydrogen) atoms. The standard InChI is InChI=1S/C23H23ClN2O3/c1-23(2,29-18-10-8-17(24)9-11-18)22(27)26-14-13-19(15-26)28-21-12-7-16-5-3-4-6-20(16)25-21/h3-12,19H,13-15H2,1-2H3. The number of ether oxygens (including phenoxy) is 2. The van der Waals surface area contributed by atoms with Gasteiger partial charge in [-0.05, 0) is 50.2 Å². The van der Waals surface area contributed by atoms with E-state index in [0.717, 1.165) is 17.3 Å². The lowest BCUT2D eigenvalue weighted by Crippen LogP contribution is -2.48. The van der Waals surface area contributed by atoms with Crippen molar-refractivity contribution in [2.75, 3.05) is 13.1 Å². The van der Waals surface area contributed by atoms with Gasteiger partial charge in [0.15, 0.2) is 5.60 Å². The number of para-hydroxylation sites is 1. The van der Waals surface area contributed by atoms with Gasteiger partial charge in [-0.3, -0.25) is 4.79 Å². The van der Waals surface area contributed by atoms with Crippen LogP contribution in [0.25, 0.3) is 10.9 Å². The minimum atomic E-state index is -0.982. The Labute approximate surface area is 175 Å². The molecule has 4 rings (SSSR count). The van der Waals surface area contributed by atoms with E-state index in [1.165, 1.54) is 0 Å². The van der Waals surface area contributed by atoms with Crippen LogP contribution >= 0.6 is 11.6 Å². The van der Waals surface area contributed by atoms with Crippen LogP contribution in [0.3, 0.4) is 0 Å². The van der Waals surface area contributed by atoms with Crippen molar-refractivity contribution in [2.24, 2.45) is 0 Å². The third-order valence-electron chi connectivity index (χ3n) is 4.99. The largest absolute Gasteiger partial charge is 0.478 e. The summed E-state index contributed by atoms with van der Waals surface area (Å²) in [5.41, 5.74) is -0.0855. The predicted octanol–water partition coefficient (Wildman–Crippen LogP) is 4.73. The molecule has 0 N–H and O–H groups in total. The van der Waals surface area contributed by atoms with Crippen molar-refractivity contribution < 1.29 is 14.3 Å². The molecule has 1 aliphatic rings. The van der Waals surface area contributed by atoms with Gasteiger partial charge in [0.1, 0.15) is 11.9 Å². The quantitative estimate of drug-likeness (QED) is 0.610. The molecule has 150 valence electrons. The van der Waals surface area contributed by atoms with E-state index in [2.05, 4.69) is 4.98 Å². The second-order valence-corrected chi connectivity index (χ2v) is 8.12. The summed E-state index contributed by atoms with van der Waals surface area (Å²) >= 11 is 5.91. The third-order valence-corrected chi connectivity index (χ3v) is 5.25. The van der Waals surface area contributed by atoms with Crippen LogP contribution in [0, 0.1) is 0 Å². The lowest BCUT2D eigenvalue weighted by Gasteiger charge is -2.30. The zero-order chi connectivity index (χ0) is 20.4. The zero-order valence-corrected chi connectivity index (χ0v) is 17.2. The average molecular weight is 411 g/mol. The molecule has 0 aliphatic carbocycles. The summed E-state index contributed by atoms with van der Waals surface area (Å²) in [5, 5.41) is 1.70. The Morgan fingerprint density at radius 2 is 1.86 bits per heavy atom. The number of rotatable bonds is 5. The Morgan fingerprint density at radius 3 is 2.66 bits per heavy atom. The van der Waals surface area contributed by atoms with Crippen LogP contribution in [-0.4, -0.2) is 40.6 Å². The zero-order valence-electron chi connectivity index (χ0n) is 16.5. The van der Waals surface area contributed by atoms with Crippen LogP contribution in [0.1, 0.15) is 20.3 Å². The Balaban J connectivity index is 1.38. The summed E-state index contributed by atoms with van der Waals surface area (Å²) in [5.74, 6) is 1.13. The van der Waals surface area contributed by atoms with Crippen molar-refractivity contribution in [2.45, 2.75) is 32.0 Å². The second-order valence-electron chi connectivity index (χ2n) is 7.69. The van der Waals surface area contributed by atoms with Gasteiger partial charge >= 0.3 is 0 Å². The lowest BCUT2D eigenvalue weighted by atomic mass is 10.1. The Bertz CT molecular complexity index is 1020. The molecule has 1 amide bonds. The van der Waals surface area contributed by atoms with E-state index in [1.54, 1.807) is 43.0 Å². The minimum absolute atomic E-state index is 0.0648. The number of likely N-dealkylation sites (tertiary alicyclic amines) is 1. The van der Waals surface area contributed by atoms with E-state index >= 15 is 0 Å². The normalized spacial score (nSPS) is 16.8. The summed E-state index contributed by atoms with van der Waals surface area (Å²) < 4.78 is 12.0. The number of carbonyl (C=O) groups is 1. The van der Waals surface area contributed by atoms with Crippen LogP contribution in [-0.2, 0) is 4.79 Å². The summed E-state index contributed by atoms with van der Waals surface area (Å²) in [4.78, 5) is 19.4. The number of benzene rings is 2. The van der Waals surface area contributed by atoms with Crippen molar-refractivity contribution in [3.63, 3.8) is 0 Å². The SMILES string of the molecule is CC(C)(Oc1ccc(Cl)cc1)C(=O)N1CCC(Oc2ccc3ccccc3n2)C1. The highest BCUT2D eigenvalue weighted by Crippen LogP contribution is 2.25. The highest BCUT2D eigenvalue weighted by molar-refractivity contribution is 6.30. The maximum atomic E-state index is 13.0.